The molecule has 38 heavy (non-hydrogen) atoms. The van der Waals surface area contributed by atoms with Gasteiger partial charge in [-0.25, -0.2) is 0 Å². The smallest absolute Gasteiger partial charge is 0.257 e. The fraction of sp³-hybridized carbons (Fsp3) is 0.500. The zero-order valence-electron chi connectivity index (χ0n) is 22.4. The normalized spacial score (nSPS) is 22.6. The largest absolute Gasteiger partial charge is 0.491 e. The van der Waals surface area contributed by atoms with E-state index >= 15 is 0 Å². The molecular formula is C30H37N3O5. The molecule has 3 aliphatic rings. The molecular weight excluding hydrogens is 482 g/mol. The van der Waals surface area contributed by atoms with Gasteiger partial charge in [-0.05, 0) is 62.8 Å². The minimum absolute atomic E-state index is 0.00367. The molecule has 0 radical (unpaired) electrons. The summed E-state index contributed by atoms with van der Waals surface area (Å²) in [6, 6.07) is 15.5. The van der Waals surface area contributed by atoms with Crippen LogP contribution in [0.1, 0.15) is 54.6 Å². The van der Waals surface area contributed by atoms with Crippen LogP contribution in [-0.4, -0.2) is 83.5 Å². The molecule has 2 aromatic carbocycles. The van der Waals surface area contributed by atoms with Crippen LogP contribution in [0, 0.1) is 0 Å². The first-order valence-corrected chi connectivity index (χ1v) is 13.7. The number of fused-ring (bicyclic) bond motifs is 2. The van der Waals surface area contributed by atoms with Gasteiger partial charge in [0, 0.05) is 24.7 Å². The number of para-hydroxylation sites is 1. The highest BCUT2D eigenvalue weighted by Crippen LogP contribution is 2.31. The van der Waals surface area contributed by atoms with E-state index in [-0.39, 0.29) is 43.5 Å². The van der Waals surface area contributed by atoms with Crippen LogP contribution in [0.15, 0.2) is 48.5 Å². The molecule has 1 saturated heterocycles. The van der Waals surface area contributed by atoms with Crippen LogP contribution >= 0.6 is 0 Å². The molecule has 3 aliphatic heterocycles. The molecule has 1 fully saturated rings. The standard InChI is InChI=1S/C30H37N3O5/c1-22(2)33-16-17-37-26-13-6-4-9-23(26)10-7-8-14-30(29(33)36)21-31(15-18-38-30)27(34)20-32-19-24-11-3-5-12-25(24)28(32)35/h3-6,9,11-13,22H,7-8,10,14-21H2,1-2H3. The predicted molar refractivity (Wildman–Crippen MR) is 143 cm³/mol. The molecule has 3 heterocycles. The Bertz CT molecular complexity index is 1200. The molecule has 0 bridgehead atoms. The molecule has 1 spiro atoms. The number of amides is 3. The molecule has 0 saturated carbocycles. The Morgan fingerprint density at radius 3 is 2.53 bits per heavy atom. The first-order valence-electron chi connectivity index (χ1n) is 13.7. The number of hydrogen-bond acceptors (Lipinski definition) is 5. The molecule has 2 aromatic rings. The number of carbonyl (C=O) groups excluding carboxylic acids is 3. The number of aryl methyl sites for hydroxylation is 1. The van der Waals surface area contributed by atoms with E-state index in [1.165, 1.54) is 5.56 Å². The summed E-state index contributed by atoms with van der Waals surface area (Å²) in [7, 11) is 0. The van der Waals surface area contributed by atoms with Gasteiger partial charge in [0.05, 0.1) is 19.7 Å². The molecule has 1 unspecified atom stereocenters. The van der Waals surface area contributed by atoms with Gasteiger partial charge in [0.1, 0.15) is 18.9 Å². The van der Waals surface area contributed by atoms with Crippen LogP contribution in [0.25, 0.3) is 0 Å². The summed E-state index contributed by atoms with van der Waals surface area (Å²) in [5.41, 5.74) is 1.66. The van der Waals surface area contributed by atoms with Crippen molar-refractivity contribution in [3.05, 3.63) is 65.2 Å². The van der Waals surface area contributed by atoms with E-state index in [1.54, 1.807) is 15.9 Å². The second-order valence-corrected chi connectivity index (χ2v) is 10.7. The maximum Gasteiger partial charge on any atom is 0.257 e. The predicted octanol–water partition coefficient (Wildman–Crippen LogP) is 3.28. The summed E-state index contributed by atoms with van der Waals surface area (Å²) in [5, 5.41) is 0. The van der Waals surface area contributed by atoms with Crippen LogP contribution in [0.4, 0.5) is 0 Å². The Hall–Kier alpha value is -3.39. The van der Waals surface area contributed by atoms with Gasteiger partial charge in [-0.2, -0.15) is 0 Å². The van der Waals surface area contributed by atoms with Crippen molar-refractivity contribution in [1.82, 2.24) is 14.7 Å². The van der Waals surface area contributed by atoms with Crippen molar-refractivity contribution < 1.29 is 23.9 Å². The van der Waals surface area contributed by atoms with Gasteiger partial charge in [-0.15, -0.1) is 0 Å². The van der Waals surface area contributed by atoms with Gasteiger partial charge < -0.3 is 24.2 Å². The second-order valence-electron chi connectivity index (χ2n) is 10.7. The summed E-state index contributed by atoms with van der Waals surface area (Å²) in [6.07, 6.45) is 3.06. The fourth-order valence-corrected chi connectivity index (χ4v) is 5.78. The maximum absolute atomic E-state index is 14.1. The summed E-state index contributed by atoms with van der Waals surface area (Å²) in [4.78, 5) is 45.5. The highest BCUT2D eigenvalue weighted by Gasteiger charge is 2.47. The summed E-state index contributed by atoms with van der Waals surface area (Å²) in [6.45, 7) is 6.12. The van der Waals surface area contributed by atoms with Crippen LogP contribution in [-0.2, 0) is 27.3 Å². The van der Waals surface area contributed by atoms with E-state index in [9.17, 15) is 14.4 Å². The molecule has 202 valence electrons. The molecule has 8 nitrogen and oxygen atoms in total. The molecule has 0 aromatic heterocycles. The topological polar surface area (TPSA) is 79.4 Å². The molecule has 8 heteroatoms. The van der Waals surface area contributed by atoms with Gasteiger partial charge in [0.2, 0.25) is 5.91 Å². The van der Waals surface area contributed by atoms with Gasteiger partial charge in [-0.3, -0.25) is 14.4 Å². The Kier molecular flexibility index (Phi) is 7.70. The minimum Gasteiger partial charge on any atom is -0.491 e. The molecule has 5 rings (SSSR count). The molecule has 1 atom stereocenters. The Balaban J connectivity index is 1.33. The van der Waals surface area contributed by atoms with Crippen molar-refractivity contribution in [2.45, 2.75) is 57.7 Å². The monoisotopic (exact) mass is 519 g/mol. The number of hydrogen-bond donors (Lipinski definition) is 0. The maximum atomic E-state index is 14.1. The van der Waals surface area contributed by atoms with Crippen LogP contribution in [0.2, 0.25) is 0 Å². The summed E-state index contributed by atoms with van der Waals surface area (Å²) in [5.74, 6) is 0.515. The lowest BCUT2D eigenvalue weighted by Crippen LogP contribution is -2.63. The zero-order chi connectivity index (χ0) is 26.7. The van der Waals surface area contributed by atoms with Gasteiger partial charge in [0.15, 0.2) is 5.60 Å². The van der Waals surface area contributed by atoms with Crippen LogP contribution in [0.5, 0.6) is 5.75 Å². The minimum atomic E-state index is -1.10. The Labute approximate surface area is 224 Å². The van der Waals surface area contributed by atoms with Crippen molar-refractivity contribution in [1.29, 1.82) is 0 Å². The van der Waals surface area contributed by atoms with E-state index < -0.39 is 5.60 Å². The quantitative estimate of drug-likeness (QED) is 0.622. The van der Waals surface area contributed by atoms with Crippen LogP contribution < -0.4 is 4.74 Å². The number of benzene rings is 2. The average molecular weight is 520 g/mol. The molecule has 3 amide bonds. The highest BCUT2D eigenvalue weighted by atomic mass is 16.5. The first-order chi connectivity index (χ1) is 18.4. The second kappa shape index (κ2) is 11.2. The summed E-state index contributed by atoms with van der Waals surface area (Å²) >= 11 is 0. The SMILES string of the molecule is CC(C)N1CCOc2ccccc2CCCCC2(CN(C(=O)CN3Cc4ccccc4C3=O)CCO2)C1=O. The third-order valence-electron chi connectivity index (χ3n) is 7.87. The Morgan fingerprint density at radius 1 is 0.974 bits per heavy atom. The molecule has 0 aliphatic carbocycles. The first kappa shape index (κ1) is 26.2. The zero-order valence-corrected chi connectivity index (χ0v) is 22.4. The lowest BCUT2D eigenvalue weighted by atomic mass is 9.90. The van der Waals surface area contributed by atoms with E-state index in [2.05, 4.69) is 6.07 Å². The van der Waals surface area contributed by atoms with Crippen molar-refractivity contribution in [3.63, 3.8) is 0 Å². The van der Waals surface area contributed by atoms with Crippen molar-refractivity contribution >= 4 is 17.7 Å². The van der Waals surface area contributed by atoms with Gasteiger partial charge in [0.25, 0.3) is 11.8 Å². The van der Waals surface area contributed by atoms with E-state index in [1.807, 2.05) is 55.1 Å². The third kappa shape index (κ3) is 5.27. The number of morpholine rings is 1. The van der Waals surface area contributed by atoms with E-state index in [4.69, 9.17) is 9.47 Å². The van der Waals surface area contributed by atoms with Crippen molar-refractivity contribution in [2.75, 3.05) is 39.4 Å². The summed E-state index contributed by atoms with van der Waals surface area (Å²) < 4.78 is 12.4. The van der Waals surface area contributed by atoms with Crippen molar-refractivity contribution in [3.8, 4) is 5.75 Å². The average Bonchev–Trinajstić information content (AvgIpc) is 3.23. The molecule has 0 N–H and O–H groups in total. The number of nitrogens with zero attached hydrogens (tertiary/aromatic N) is 3. The van der Waals surface area contributed by atoms with Crippen LogP contribution in [0.3, 0.4) is 0 Å². The van der Waals surface area contributed by atoms with E-state index in [0.717, 1.165) is 30.6 Å². The van der Waals surface area contributed by atoms with Gasteiger partial charge >= 0.3 is 0 Å². The Morgan fingerprint density at radius 2 is 1.74 bits per heavy atom. The lowest BCUT2D eigenvalue weighted by Gasteiger charge is -2.45. The van der Waals surface area contributed by atoms with E-state index in [0.29, 0.717) is 38.2 Å². The lowest BCUT2D eigenvalue weighted by molar-refractivity contribution is -0.178. The van der Waals surface area contributed by atoms with Gasteiger partial charge in [-0.1, -0.05) is 36.4 Å². The number of rotatable bonds is 3. The highest BCUT2D eigenvalue weighted by molar-refractivity contribution is 6.00. The fourth-order valence-electron chi connectivity index (χ4n) is 5.78. The van der Waals surface area contributed by atoms with Crippen molar-refractivity contribution in [2.24, 2.45) is 0 Å². The number of ether oxygens (including phenoxy) is 2. The third-order valence-corrected chi connectivity index (χ3v) is 7.87. The number of carbonyl (C=O) groups is 3.